The van der Waals surface area contributed by atoms with E-state index >= 15 is 0 Å². The van der Waals surface area contributed by atoms with Crippen LogP contribution in [0.3, 0.4) is 0 Å². The molecule has 0 aromatic heterocycles. The molecule has 3 aliphatic rings. The molecule has 0 saturated carbocycles. The van der Waals surface area contributed by atoms with Crippen LogP contribution in [0.2, 0.25) is 0 Å². The number of hydrogen-bond acceptors (Lipinski definition) is 6. The molecule has 2 aromatic rings. The molecule has 33 heavy (non-hydrogen) atoms. The zero-order valence-corrected chi connectivity index (χ0v) is 19.6. The molecule has 3 amide bonds. The van der Waals surface area contributed by atoms with Crippen molar-refractivity contribution >= 4 is 17.6 Å². The molecular formula is C25H31N5O3. The summed E-state index contributed by atoms with van der Waals surface area (Å²) in [5.74, 6) is 0.662. The van der Waals surface area contributed by atoms with E-state index < -0.39 is 6.04 Å². The minimum Gasteiger partial charge on any atom is -0.495 e. The van der Waals surface area contributed by atoms with Gasteiger partial charge in [0.05, 0.1) is 19.3 Å². The SMILES string of the molecule is COc1ccc(C)cc1N1CCCN2C3C(=O)N(Cc4ccccc4C)C(=O)N(C)C3NC12. The van der Waals surface area contributed by atoms with Crippen molar-refractivity contribution in [2.24, 2.45) is 0 Å². The number of hydrogen-bond donors (Lipinski definition) is 1. The van der Waals surface area contributed by atoms with Crippen LogP contribution in [0.5, 0.6) is 5.75 Å². The largest absolute Gasteiger partial charge is 0.495 e. The van der Waals surface area contributed by atoms with Crippen LogP contribution in [0.15, 0.2) is 42.5 Å². The van der Waals surface area contributed by atoms with Gasteiger partial charge in [-0.05, 0) is 49.1 Å². The van der Waals surface area contributed by atoms with E-state index in [1.807, 2.05) is 43.3 Å². The number of amides is 3. The maximum Gasteiger partial charge on any atom is 0.328 e. The Bertz CT molecular complexity index is 1090. The van der Waals surface area contributed by atoms with Crippen molar-refractivity contribution in [2.75, 3.05) is 32.1 Å². The Morgan fingerprint density at radius 1 is 1.09 bits per heavy atom. The van der Waals surface area contributed by atoms with Gasteiger partial charge < -0.3 is 14.5 Å². The maximum absolute atomic E-state index is 13.7. The van der Waals surface area contributed by atoms with E-state index in [-0.39, 0.29) is 30.9 Å². The summed E-state index contributed by atoms with van der Waals surface area (Å²) in [6.45, 7) is 5.98. The van der Waals surface area contributed by atoms with Gasteiger partial charge in [0, 0.05) is 20.1 Å². The second-order valence-corrected chi connectivity index (χ2v) is 9.13. The molecule has 0 bridgehead atoms. The van der Waals surface area contributed by atoms with Crippen LogP contribution in [-0.2, 0) is 11.3 Å². The number of likely N-dealkylation sites (N-methyl/N-ethyl adjacent to an activating group) is 1. The van der Waals surface area contributed by atoms with Gasteiger partial charge in [0.25, 0.3) is 5.91 Å². The third-order valence-corrected chi connectivity index (χ3v) is 7.10. The highest BCUT2D eigenvalue weighted by molar-refractivity contribution is 6.00. The van der Waals surface area contributed by atoms with Crippen LogP contribution >= 0.6 is 0 Å². The Hall–Kier alpha value is -3.10. The number of nitrogens with zero attached hydrogens (tertiary/aromatic N) is 4. The lowest BCUT2D eigenvalue weighted by Crippen LogP contribution is -2.66. The van der Waals surface area contributed by atoms with Gasteiger partial charge in [-0.1, -0.05) is 30.3 Å². The van der Waals surface area contributed by atoms with Crippen LogP contribution in [0.1, 0.15) is 23.1 Å². The van der Waals surface area contributed by atoms with Crippen LogP contribution in [0.25, 0.3) is 0 Å². The van der Waals surface area contributed by atoms with Crippen molar-refractivity contribution in [3.8, 4) is 5.75 Å². The summed E-state index contributed by atoms with van der Waals surface area (Å²) < 4.78 is 5.65. The summed E-state index contributed by atoms with van der Waals surface area (Å²) in [7, 11) is 3.46. The number of urea groups is 1. The number of fused-ring (bicyclic) bond motifs is 3. The van der Waals surface area contributed by atoms with Crippen molar-refractivity contribution in [3.63, 3.8) is 0 Å². The molecule has 1 N–H and O–H groups in total. The highest BCUT2D eigenvalue weighted by Gasteiger charge is 2.56. The highest BCUT2D eigenvalue weighted by Crippen LogP contribution is 2.37. The fraction of sp³-hybridized carbons (Fsp3) is 0.440. The van der Waals surface area contributed by atoms with Gasteiger partial charge in [-0.3, -0.25) is 19.9 Å². The van der Waals surface area contributed by atoms with E-state index in [2.05, 4.69) is 28.1 Å². The summed E-state index contributed by atoms with van der Waals surface area (Å²) >= 11 is 0. The zero-order chi connectivity index (χ0) is 23.3. The Kier molecular flexibility index (Phi) is 5.50. The van der Waals surface area contributed by atoms with Crippen LogP contribution in [-0.4, -0.2) is 72.4 Å². The third-order valence-electron chi connectivity index (χ3n) is 7.10. The molecule has 3 fully saturated rings. The number of nitrogens with one attached hydrogen (secondary N) is 1. The second kappa shape index (κ2) is 8.35. The number of carbonyl (C=O) groups is 2. The van der Waals surface area contributed by atoms with Crippen LogP contribution in [0.4, 0.5) is 10.5 Å². The molecule has 0 radical (unpaired) electrons. The lowest BCUT2D eigenvalue weighted by atomic mass is 10.1. The standard InChI is InChI=1S/C25H31N5O3/c1-16-10-11-20(33-4)19(14-16)28-12-7-13-29-21-22(26-24(28)29)27(3)25(32)30(23(21)31)15-18-9-6-5-8-17(18)2/h5-6,8-11,14,21-22,24,26H,7,12-13,15H2,1-4H3. The Morgan fingerprint density at radius 2 is 1.88 bits per heavy atom. The van der Waals surface area contributed by atoms with Gasteiger partial charge in [-0.15, -0.1) is 0 Å². The predicted octanol–water partition coefficient (Wildman–Crippen LogP) is 2.50. The summed E-state index contributed by atoms with van der Waals surface area (Å²) in [5.41, 5.74) is 4.20. The fourth-order valence-corrected chi connectivity index (χ4v) is 5.29. The molecule has 8 heteroatoms. The van der Waals surface area contributed by atoms with Crippen molar-refractivity contribution in [2.45, 2.75) is 45.3 Å². The number of benzene rings is 2. The van der Waals surface area contributed by atoms with Crippen LogP contribution in [0, 0.1) is 13.8 Å². The van der Waals surface area contributed by atoms with Gasteiger partial charge in [-0.25, -0.2) is 4.79 Å². The van der Waals surface area contributed by atoms with E-state index in [1.165, 1.54) is 4.90 Å². The summed E-state index contributed by atoms with van der Waals surface area (Å²) in [6, 6.07) is 13.3. The van der Waals surface area contributed by atoms with Crippen molar-refractivity contribution in [3.05, 3.63) is 59.2 Å². The van der Waals surface area contributed by atoms with Gasteiger partial charge in [-0.2, -0.15) is 0 Å². The summed E-state index contributed by atoms with van der Waals surface area (Å²) in [4.78, 5) is 34.5. The highest BCUT2D eigenvalue weighted by atomic mass is 16.5. The summed E-state index contributed by atoms with van der Waals surface area (Å²) in [5, 5.41) is 3.57. The first kappa shape index (κ1) is 21.7. The minimum atomic E-state index is -0.430. The molecule has 8 nitrogen and oxygen atoms in total. The molecule has 3 heterocycles. The molecule has 3 unspecified atom stereocenters. The molecule has 3 saturated heterocycles. The first-order chi connectivity index (χ1) is 15.9. The maximum atomic E-state index is 13.7. The average Bonchev–Trinajstić information content (AvgIpc) is 3.21. The van der Waals surface area contributed by atoms with E-state index in [0.717, 1.165) is 47.6 Å². The first-order valence-corrected chi connectivity index (χ1v) is 11.5. The molecule has 174 valence electrons. The van der Waals surface area contributed by atoms with Gasteiger partial charge >= 0.3 is 6.03 Å². The first-order valence-electron chi connectivity index (χ1n) is 11.5. The third kappa shape index (κ3) is 3.54. The monoisotopic (exact) mass is 449 g/mol. The van der Waals surface area contributed by atoms with Gasteiger partial charge in [0.15, 0.2) is 0 Å². The quantitative estimate of drug-likeness (QED) is 0.774. The minimum absolute atomic E-state index is 0.139. The van der Waals surface area contributed by atoms with Crippen LogP contribution < -0.4 is 15.0 Å². The second-order valence-electron chi connectivity index (χ2n) is 9.13. The van der Waals surface area contributed by atoms with Gasteiger partial charge in [0.1, 0.15) is 24.2 Å². The fourth-order valence-electron chi connectivity index (χ4n) is 5.29. The number of methoxy groups -OCH3 is 1. The smallest absolute Gasteiger partial charge is 0.328 e. The number of anilines is 1. The average molecular weight is 450 g/mol. The van der Waals surface area contributed by atoms with E-state index in [1.54, 1.807) is 19.1 Å². The molecule has 2 aromatic carbocycles. The number of ether oxygens (including phenoxy) is 1. The molecule has 0 spiro atoms. The molecule has 5 rings (SSSR count). The van der Waals surface area contributed by atoms with E-state index in [0.29, 0.717) is 0 Å². The van der Waals surface area contributed by atoms with Crippen molar-refractivity contribution in [1.29, 1.82) is 0 Å². The number of imide groups is 1. The van der Waals surface area contributed by atoms with Crippen molar-refractivity contribution < 1.29 is 14.3 Å². The normalized spacial score (nSPS) is 25.3. The zero-order valence-electron chi connectivity index (χ0n) is 19.6. The van der Waals surface area contributed by atoms with Gasteiger partial charge in [0.2, 0.25) is 0 Å². The number of carbonyl (C=O) groups excluding carboxylic acids is 2. The number of rotatable bonds is 4. The molecular weight excluding hydrogens is 418 g/mol. The molecule has 3 atom stereocenters. The lowest BCUT2D eigenvalue weighted by Gasteiger charge is -2.44. The lowest BCUT2D eigenvalue weighted by molar-refractivity contribution is -0.139. The van der Waals surface area contributed by atoms with E-state index in [9.17, 15) is 9.59 Å². The Morgan fingerprint density at radius 3 is 2.64 bits per heavy atom. The molecule has 0 aliphatic carbocycles. The summed E-state index contributed by atoms with van der Waals surface area (Å²) in [6.07, 6.45) is 0.350. The Balaban J connectivity index is 1.47. The molecule has 3 aliphatic heterocycles. The number of aryl methyl sites for hydroxylation is 2. The Labute approximate surface area is 194 Å². The predicted molar refractivity (Wildman–Crippen MR) is 126 cm³/mol. The van der Waals surface area contributed by atoms with Crippen molar-refractivity contribution in [1.82, 2.24) is 20.0 Å². The van der Waals surface area contributed by atoms with E-state index in [4.69, 9.17) is 4.74 Å². The topological polar surface area (TPSA) is 68.4 Å².